The van der Waals surface area contributed by atoms with Gasteiger partial charge in [0.25, 0.3) is 0 Å². The van der Waals surface area contributed by atoms with Crippen LogP contribution in [0.25, 0.3) is 0 Å². The Hall–Kier alpha value is -1.71. The van der Waals surface area contributed by atoms with E-state index in [1.165, 1.54) is 17.7 Å². The van der Waals surface area contributed by atoms with Gasteiger partial charge in [0.1, 0.15) is 5.82 Å². The van der Waals surface area contributed by atoms with Crippen LogP contribution >= 0.6 is 0 Å². The number of hydrogen-bond donors (Lipinski definition) is 1. The summed E-state index contributed by atoms with van der Waals surface area (Å²) in [6, 6.07) is 15.0. The quantitative estimate of drug-likeness (QED) is 0.917. The first-order valence-electron chi connectivity index (χ1n) is 6.38. The van der Waals surface area contributed by atoms with Crippen LogP contribution in [0.4, 0.5) is 4.39 Å². The smallest absolute Gasteiger partial charge is 0.123 e. The van der Waals surface area contributed by atoms with E-state index in [-0.39, 0.29) is 11.2 Å². The van der Waals surface area contributed by atoms with Gasteiger partial charge < -0.3 is 10.5 Å². The maximum atomic E-state index is 13.1. The average Bonchev–Trinajstić information content (AvgIpc) is 2.40. The molecule has 1 saturated heterocycles. The zero-order valence-corrected chi connectivity index (χ0v) is 10.6. The standard InChI is InChI=1S/C16H16FNO/c17-15-7-5-14(6-8-15)16(10-19-11-16)13-3-1-12(9-18)2-4-13/h1-8H,9-11,18H2. The first kappa shape index (κ1) is 12.3. The van der Waals surface area contributed by atoms with Crippen molar-refractivity contribution < 1.29 is 9.13 Å². The van der Waals surface area contributed by atoms with Gasteiger partial charge in [-0.05, 0) is 28.8 Å². The average molecular weight is 257 g/mol. The molecular weight excluding hydrogens is 241 g/mol. The third-order valence-corrected chi connectivity index (χ3v) is 3.84. The van der Waals surface area contributed by atoms with Gasteiger partial charge in [-0.2, -0.15) is 0 Å². The van der Waals surface area contributed by atoms with Crippen LogP contribution in [-0.2, 0) is 16.7 Å². The van der Waals surface area contributed by atoms with Crippen LogP contribution in [-0.4, -0.2) is 13.2 Å². The van der Waals surface area contributed by atoms with Gasteiger partial charge in [0, 0.05) is 6.54 Å². The third-order valence-electron chi connectivity index (χ3n) is 3.84. The Bertz CT molecular complexity index is 558. The summed E-state index contributed by atoms with van der Waals surface area (Å²) in [6.45, 7) is 1.82. The van der Waals surface area contributed by atoms with Crippen LogP contribution in [0.2, 0.25) is 0 Å². The zero-order valence-electron chi connectivity index (χ0n) is 10.6. The third kappa shape index (κ3) is 2.05. The lowest BCUT2D eigenvalue weighted by molar-refractivity contribution is -0.0380. The number of rotatable bonds is 3. The van der Waals surface area contributed by atoms with E-state index in [9.17, 15) is 4.39 Å². The minimum atomic E-state index is -0.211. The summed E-state index contributed by atoms with van der Waals surface area (Å²) >= 11 is 0. The molecule has 98 valence electrons. The lowest BCUT2D eigenvalue weighted by Gasteiger charge is -2.42. The summed E-state index contributed by atoms with van der Waals surface area (Å²) in [5.41, 5.74) is 8.88. The Morgan fingerprint density at radius 3 is 1.89 bits per heavy atom. The van der Waals surface area contributed by atoms with Gasteiger partial charge in [0.15, 0.2) is 0 Å². The fourth-order valence-electron chi connectivity index (χ4n) is 2.53. The Labute approximate surface area is 112 Å². The van der Waals surface area contributed by atoms with Crippen molar-refractivity contribution in [3.05, 3.63) is 71.0 Å². The predicted octanol–water partition coefficient (Wildman–Crippen LogP) is 2.60. The Morgan fingerprint density at radius 1 is 0.947 bits per heavy atom. The Balaban J connectivity index is 2.00. The summed E-state index contributed by atoms with van der Waals surface area (Å²) in [4.78, 5) is 0. The molecule has 19 heavy (non-hydrogen) atoms. The van der Waals surface area contributed by atoms with Gasteiger partial charge in [0.2, 0.25) is 0 Å². The second-order valence-corrected chi connectivity index (χ2v) is 4.98. The van der Waals surface area contributed by atoms with Crippen molar-refractivity contribution in [1.29, 1.82) is 0 Å². The number of halogens is 1. The molecule has 2 nitrogen and oxygen atoms in total. The molecule has 0 unspecified atom stereocenters. The van der Waals surface area contributed by atoms with Crippen molar-refractivity contribution in [2.24, 2.45) is 5.73 Å². The van der Waals surface area contributed by atoms with Crippen LogP contribution in [0, 0.1) is 5.82 Å². The molecule has 2 aromatic carbocycles. The van der Waals surface area contributed by atoms with Gasteiger partial charge in [0.05, 0.1) is 18.6 Å². The van der Waals surface area contributed by atoms with Crippen molar-refractivity contribution >= 4 is 0 Å². The summed E-state index contributed by atoms with van der Waals surface area (Å²) in [7, 11) is 0. The maximum absolute atomic E-state index is 13.1. The number of benzene rings is 2. The van der Waals surface area contributed by atoms with Crippen LogP contribution in [0.1, 0.15) is 16.7 Å². The van der Waals surface area contributed by atoms with Crippen LogP contribution in [0.15, 0.2) is 48.5 Å². The predicted molar refractivity (Wildman–Crippen MR) is 72.3 cm³/mol. The topological polar surface area (TPSA) is 35.2 Å². The molecule has 1 fully saturated rings. The van der Waals surface area contributed by atoms with Gasteiger partial charge >= 0.3 is 0 Å². The van der Waals surface area contributed by atoms with E-state index < -0.39 is 0 Å². The highest BCUT2D eigenvalue weighted by Gasteiger charge is 2.41. The van der Waals surface area contributed by atoms with Crippen LogP contribution in [0.5, 0.6) is 0 Å². The van der Waals surface area contributed by atoms with E-state index in [4.69, 9.17) is 10.5 Å². The molecule has 2 N–H and O–H groups in total. The fraction of sp³-hybridized carbons (Fsp3) is 0.250. The van der Waals surface area contributed by atoms with Crippen molar-refractivity contribution in [2.45, 2.75) is 12.0 Å². The van der Waals surface area contributed by atoms with Gasteiger partial charge in [-0.15, -0.1) is 0 Å². The van der Waals surface area contributed by atoms with Crippen molar-refractivity contribution in [3.8, 4) is 0 Å². The lowest BCUT2D eigenvalue weighted by atomic mass is 9.73. The molecule has 0 saturated carbocycles. The first-order chi connectivity index (χ1) is 9.24. The Morgan fingerprint density at radius 2 is 1.47 bits per heavy atom. The summed E-state index contributed by atoms with van der Waals surface area (Å²) in [6.07, 6.45) is 0. The largest absolute Gasteiger partial charge is 0.379 e. The van der Waals surface area contributed by atoms with E-state index in [0.717, 1.165) is 11.1 Å². The van der Waals surface area contributed by atoms with Gasteiger partial charge in [-0.1, -0.05) is 36.4 Å². The normalized spacial score (nSPS) is 16.9. The lowest BCUT2D eigenvalue weighted by Crippen LogP contribution is -2.47. The first-order valence-corrected chi connectivity index (χ1v) is 6.38. The second kappa shape index (κ2) is 4.76. The summed E-state index contributed by atoms with van der Waals surface area (Å²) < 4.78 is 18.5. The summed E-state index contributed by atoms with van der Waals surface area (Å²) in [5.74, 6) is -0.211. The monoisotopic (exact) mass is 257 g/mol. The molecular formula is C16H16FNO. The van der Waals surface area contributed by atoms with Crippen molar-refractivity contribution in [2.75, 3.05) is 13.2 Å². The van der Waals surface area contributed by atoms with Crippen molar-refractivity contribution in [3.63, 3.8) is 0 Å². The number of hydrogen-bond acceptors (Lipinski definition) is 2. The fourth-order valence-corrected chi connectivity index (χ4v) is 2.53. The maximum Gasteiger partial charge on any atom is 0.123 e. The molecule has 0 atom stereocenters. The van der Waals surface area contributed by atoms with E-state index in [1.807, 2.05) is 24.3 Å². The molecule has 1 heterocycles. The van der Waals surface area contributed by atoms with E-state index in [1.54, 1.807) is 0 Å². The summed E-state index contributed by atoms with van der Waals surface area (Å²) in [5, 5.41) is 0. The molecule has 0 aliphatic carbocycles. The second-order valence-electron chi connectivity index (χ2n) is 4.98. The van der Waals surface area contributed by atoms with Crippen LogP contribution in [0.3, 0.4) is 0 Å². The van der Waals surface area contributed by atoms with E-state index in [0.29, 0.717) is 19.8 Å². The molecule has 0 amide bonds. The molecule has 1 aliphatic rings. The molecule has 3 heteroatoms. The number of ether oxygens (including phenoxy) is 1. The molecule has 2 aromatic rings. The number of nitrogens with two attached hydrogens (primary N) is 1. The molecule has 3 rings (SSSR count). The highest BCUT2D eigenvalue weighted by atomic mass is 19.1. The van der Waals surface area contributed by atoms with Crippen molar-refractivity contribution in [1.82, 2.24) is 0 Å². The van der Waals surface area contributed by atoms with Crippen LogP contribution < -0.4 is 5.73 Å². The zero-order chi connectivity index (χ0) is 13.3. The highest BCUT2D eigenvalue weighted by molar-refractivity contribution is 5.42. The molecule has 0 spiro atoms. The molecule has 0 radical (unpaired) electrons. The molecule has 1 aliphatic heterocycles. The minimum absolute atomic E-state index is 0.138. The van der Waals surface area contributed by atoms with E-state index >= 15 is 0 Å². The van der Waals surface area contributed by atoms with E-state index in [2.05, 4.69) is 12.1 Å². The minimum Gasteiger partial charge on any atom is -0.379 e. The van der Waals surface area contributed by atoms with Gasteiger partial charge in [-0.25, -0.2) is 4.39 Å². The highest BCUT2D eigenvalue weighted by Crippen LogP contribution is 2.39. The Kier molecular flexibility index (Phi) is 3.09. The SMILES string of the molecule is NCc1ccc(C2(c3ccc(F)cc3)COC2)cc1. The molecule has 0 aromatic heterocycles. The van der Waals surface area contributed by atoms with Gasteiger partial charge in [-0.3, -0.25) is 0 Å². The molecule has 0 bridgehead atoms.